The molecule has 0 heterocycles. The van der Waals surface area contributed by atoms with E-state index in [0.717, 1.165) is 4.90 Å². The van der Waals surface area contributed by atoms with Crippen molar-refractivity contribution < 1.29 is 19.5 Å². The zero-order chi connectivity index (χ0) is 17.4. The summed E-state index contributed by atoms with van der Waals surface area (Å²) in [5.41, 5.74) is 1.29. The smallest absolute Gasteiger partial charge is 0.303 e. The van der Waals surface area contributed by atoms with Gasteiger partial charge in [0.2, 0.25) is 5.91 Å². The highest BCUT2D eigenvalue weighted by Crippen LogP contribution is 2.21. The highest BCUT2D eigenvalue weighted by atomic mass is 32.2. The van der Waals surface area contributed by atoms with Crippen LogP contribution in [0.2, 0.25) is 0 Å². The number of carbonyl (C=O) groups excluding carboxylic acids is 2. The Morgan fingerprint density at radius 3 is 2.21 bits per heavy atom. The van der Waals surface area contributed by atoms with Crippen LogP contribution in [-0.4, -0.2) is 28.5 Å². The summed E-state index contributed by atoms with van der Waals surface area (Å²) in [5, 5.41) is 11.2. The molecule has 24 heavy (non-hydrogen) atoms. The lowest BCUT2D eigenvalue weighted by atomic mass is 10.2. The molecule has 0 aliphatic heterocycles. The van der Waals surface area contributed by atoms with Crippen molar-refractivity contribution in [2.24, 2.45) is 0 Å². The molecule has 6 heteroatoms. The van der Waals surface area contributed by atoms with Crippen LogP contribution in [0.25, 0.3) is 0 Å². The van der Waals surface area contributed by atoms with Crippen molar-refractivity contribution in [3.63, 3.8) is 0 Å². The van der Waals surface area contributed by atoms with Gasteiger partial charge in [0.1, 0.15) is 0 Å². The molecule has 0 saturated heterocycles. The summed E-state index contributed by atoms with van der Waals surface area (Å²) in [4.78, 5) is 34.9. The van der Waals surface area contributed by atoms with E-state index in [1.165, 1.54) is 11.8 Å². The van der Waals surface area contributed by atoms with Crippen molar-refractivity contribution in [2.75, 3.05) is 11.1 Å². The maximum atomic E-state index is 12.0. The van der Waals surface area contributed by atoms with E-state index in [4.69, 9.17) is 5.11 Å². The number of nitrogens with one attached hydrogen (secondary N) is 1. The van der Waals surface area contributed by atoms with Gasteiger partial charge in [0.05, 0.1) is 12.2 Å². The third-order valence-electron chi connectivity index (χ3n) is 3.17. The molecule has 2 aromatic carbocycles. The SMILES string of the molecule is O=C(O)CCC(=O)Nc1ccc(SCC(=O)c2ccccc2)cc1. The summed E-state index contributed by atoms with van der Waals surface area (Å²) >= 11 is 1.43. The first-order valence-electron chi connectivity index (χ1n) is 7.37. The Morgan fingerprint density at radius 2 is 1.58 bits per heavy atom. The summed E-state index contributed by atoms with van der Waals surface area (Å²) in [5.74, 6) is -0.933. The molecule has 0 bridgehead atoms. The molecule has 0 radical (unpaired) electrons. The number of hydrogen-bond donors (Lipinski definition) is 2. The minimum Gasteiger partial charge on any atom is -0.481 e. The number of carbonyl (C=O) groups is 3. The summed E-state index contributed by atoms with van der Waals surface area (Å²) in [6.45, 7) is 0. The second-order valence-electron chi connectivity index (χ2n) is 5.04. The maximum Gasteiger partial charge on any atom is 0.303 e. The van der Waals surface area contributed by atoms with Crippen molar-refractivity contribution in [3.05, 3.63) is 60.2 Å². The fourth-order valence-electron chi connectivity index (χ4n) is 1.93. The van der Waals surface area contributed by atoms with E-state index >= 15 is 0 Å². The summed E-state index contributed by atoms with van der Waals surface area (Å²) in [6, 6.07) is 16.2. The number of amides is 1. The second-order valence-corrected chi connectivity index (χ2v) is 6.09. The minimum absolute atomic E-state index is 0.0581. The number of benzene rings is 2. The van der Waals surface area contributed by atoms with Crippen LogP contribution < -0.4 is 5.32 Å². The first-order chi connectivity index (χ1) is 11.5. The van der Waals surface area contributed by atoms with Gasteiger partial charge in [0.15, 0.2) is 5.78 Å². The van der Waals surface area contributed by atoms with E-state index in [1.54, 1.807) is 24.3 Å². The second kappa shape index (κ2) is 8.88. The third kappa shape index (κ3) is 5.89. The number of aliphatic carboxylic acids is 1. The van der Waals surface area contributed by atoms with Crippen molar-refractivity contribution in [1.29, 1.82) is 0 Å². The van der Waals surface area contributed by atoms with Gasteiger partial charge in [-0.05, 0) is 24.3 Å². The maximum absolute atomic E-state index is 12.0. The average molecular weight is 343 g/mol. The van der Waals surface area contributed by atoms with Crippen LogP contribution in [-0.2, 0) is 9.59 Å². The molecule has 2 aromatic rings. The number of ketones is 1. The van der Waals surface area contributed by atoms with Gasteiger partial charge < -0.3 is 10.4 Å². The number of carboxylic acids is 1. The highest BCUT2D eigenvalue weighted by molar-refractivity contribution is 8.00. The average Bonchev–Trinajstić information content (AvgIpc) is 2.60. The lowest BCUT2D eigenvalue weighted by molar-refractivity contribution is -0.138. The zero-order valence-corrected chi connectivity index (χ0v) is 13.7. The predicted octanol–water partition coefficient (Wildman–Crippen LogP) is 3.46. The van der Waals surface area contributed by atoms with Crippen molar-refractivity contribution in [3.8, 4) is 0 Å². The van der Waals surface area contributed by atoms with Gasteiger partial charge in [-0.3, -0.25) is 14.4 Å². The summed E-state index contributed by atoms with van der Waals surface area (Å²) < 4.78 is 0. The molecule has 0 spiro atoms. The Labute approximate surface area is 144 Å². The van der Waals surface area contributed by atoms with Gasteiger partial charge in [-0.25, -0.2) is 0 Å². The summed E-state index contributed by atoms with van der Waals surface area (Å²) in [7, 11) is 0. The molecule has 2 N–H and O–H groups in total. The molecule has 2 rings (SSSR count). The fourth-order valence-corrected chi connectivity index (χ4v) is 2.73. The molecule has 124 valence electrons. The standard InChI is InChI=1S/C18H17NO4S/c20-16(13-4-2-1-3-5-13)12-24-15-8-6-14(7-9-15)19-17(21)10-11-18(22)23/h1-9H,10-12H2,(H,19,21)(H,22,23). The van der Waals surface area contributed by atoms with Gasteiger partial charge in [-0.15, -0.1) is 11.8 Å². The van der Waals surface area contributed by atoms with Crippen LogP contribution >= 0.6 is 11.8 Å². The summed E-state index contributed by atoms with van der Waals surface area (Å²) in [6.07, 6.45) is -0.251. The number of hydrogen-bond acceptors (Lipinski definition) is 4. The van der Waals surface area contributed by atoms with Crippen molar-refractivity contribution in [1.82, 2.24) is 0 Å². The van der Waals surface area contributed by atoms with E-state index in [-0.39, 0.29) is 24.5 Å². The molecular formula is C18H17NO4S. The van der Waals surface area contributed by atoms with Crippen molar-refractivity contribution in [2.45, 2.75) is 17.7 Å². The number of anilines is 1. The van der Waals surface area contributed by atoms with Gasteiger partial charge in [0.25, 0.3) is 0 Å². The number of thioether (sulfide) groups is 1. The zero-order valence-electron chi connectivity index (χ0n) is 12.9. The molecule has 0 saturated carbocycles. The van der Waals surface area contributed by atoms with Crippen LogP contribution in [0, 0.1) is 0 Å². The Bertz CT molecular complexity index is 714. The normalized spacial score (nSPS) is 10.2. The fraction of sp³-hybridized carbons (Fsp3) is 0.167. The van der Waals surface area contributed by atoms with Crippen LogP contribution in [0.1, 0.15) is 23.2 Å². The van der Waals surface area contributed by atoms with Crippen LogP contribution in [0.4, 0.5) is 5.69 Å². The Balaban J connectivity index is 1.82. The highest BCUT2D eigenvalue weighted by Gasteiger charge is 2.07. The molecule has 0 aliphatic rings. The quantitative estimate of drug-likeness (QED) is 0.566. The third-order valence-corrected chi connectivity index (χ3v) is 4.18. The lowest BCUT2D eigenvalue weighted by Crippen LogP contribution is -2.13. The van der Waals surface area contributed by atoms with E-state index < -0.39 is 5.97 Å². The van der Waals surface area contributed by atoms with Crippen molar-refractivity contribution >= 4 is 35.1 Å². The van der Waals surface area contributed by atoms with Gasteiger partial charge in [0, 0.05) is 22.6 Å². The molecule has 0 aliphatic carbocycles. The largest absolute Gasteiger partial charge is 0.481 e. The monoisotopic (exact) mass is 343 g/mol. The topological polar surface area (TPSA) is 83.5 Å². The Morgan fingerprint density at radius 1 is 0.917 bits per heavy atom. The van der Waals surface area contributed by atoms with E-state index in [0.29, 0.717) is 17.0 Å². The van der Waals surface area contributed by atoms with Gasteiger partial charge >= 0.3 is 5.97 Å². The molecule has 1 amide bonds. The number of Topliss-reactive ketones (excluding diaryl/α,β-unsaturated/α-hetero) is 1. The lowest BCUT2D eigenvalue weighted by Gasteiger charge is -2.06. The molecule has 5 nitrogen and oxygen atoms in total. The molecular weight excluding hydrogens is 326 g/mol. The number of carboxylic acid groups (broad SMARTS) is 1. The first-order valence-corrected chi connectivity index (χ1v) is 8.36. The Hall–Kier alpha value is -2.60. The molecule has 0 fully saturated rings. The van der Waals surface area contributed by atoms with Crippen LogP contribution in [0.3, 0.4) is 0 Å². The van der Waals surface area contributed by atoms with Crippen LogP contribution in [0.15, 0.2) is 59.5 Å². The van der Waals surface area contributed by atoms with E-state index in [2.05, 4.69) is 5.32 Å². The Kier molecular flexibility index (Phi) is 6.57. The van der Waals surface area contributed by atoms with E-state index in [9.17, 15) is 14.4 Å². The first kappa shape index (κ1) is 17.7. The molecule has 0 atom stereocenters. The predicted molar refractivity (Wildman–Crippen MR) is 93.4 cm³/mol. The van der Waals surface area contributed by atoms with Crippen LogP contribution in [0.5, 0.6) is 0 Å². The molecule has 0 unspecified atom stereocenters. The minimum atomic E-state index is -1.00. The molecule has 0 aromatic heterocycles. The van der Waals surface area contributed by atoms with E-state index in [1.807, 2.05) is 30.3 Å². The van der Waals surface area contributed by atoms with Gasteiger partial charge in [-0.2, -0.15) is 0 Å². The van der Waals surface area contributed by atoms with Gasteiger partial charge in [-0.1, -0.05) is 30.3 Å². The number of rotatable bonds is 8.